The standard InChI is InChI=1S/C28H29NO2/c1-18(2)22-13-15-24(16-14-22)26-25(23-11-7-20(4)8-12-23)27(30)28(31)29(26)17-21-9-5-19(3)6-10-21/h5-16,18,26,30H,17H2,1-4H3/t26-/m1/s1. The van der Waals surface area contributed by atoms with Gasteiger partial charge in [-0.3, -0.25) is 4.79 Å². The Bertz CT molecular complexity index is 1110. The van der Waals surface area contributed by atoms with Crippen LogP contribution in [0, 0.1) is 13.8 Å². The summed E-state index contributed by atoms with van der Waals surface area (Å²) in [6.45, 7) is 8.86. The van der Waals surface area contributed by atoms with Crippen LogP contribution in [0.3, 0.4) is 0 Å². The van der Waals surface area contributed by atoms with E-state index >= 15 is 0 Å². The van der Waals surface area contributed by atoms with Gasteiger partial charge in [-0.2, -0.15) is 0 Å². The van der Waals surface area contributed by atoms with Gasteiger partial charge in [0.05, 0.1) is 6.04 Å². The van der Waals surface area contributed by atoms with Crippen molar-refractivity contribution in [1.29, 1.82) is 0 Å². The summed E-state index contributed by atoms with van der Waals surface area (Å²) in [5.74, 6) is -0.0496. The Labute approximate surface area is 184 Å². The maximum Gasteiger partial charge on any atom is 0.290 e. The molecule has 0 spiro atoms. The molecule has 4 rings (SSSR count). The van der Waals surface area contributed by atoms with E-state index in [1.807, 2.05) is 50.2 Å². The van der Waals surface area contributed by atoms with Gasteiger partial charge in [0.15, 0.2) is 5.76 Å². The summed E-state index contributed by atoms with van der Waals surface area (Å²) in [7, 11) is 0. The van der Waals surface area contributed by atoms with Crippen LogP contribution in [0.4, 0.5) is 0 Å². The van der Waals surface area contributed by atoms with Crippen LogP contribution in [0.15, 0.2) is 78.6 Å². The molecule has 1 N–H and O–H groups in total. The van der Waals surface area contributed by atoms with Gasteiger partial charge in [0.25, 0.3) is 5.91 Å². The second kappa shape index (κ2) is 8.43. The number of hydrogen-bond acceptors (Lipinski definition) is 2. The maximum absolute atomic E-state index is 13.2. The van der Waals surface area contributed by atoms with Crippen LogP contribution in [0.25, 0.3) is 5.57 Å². The molecule has 0 unspecified atom stereocenters. The van der Waals surface area contributed by atoms with Crippen LogP contribution in [-0.4, -0.2) is 15.9 Å². The van der Waals surface area contributed by atoms with Crippen molar-refractivity contribution in [2.24, 2.45) is 0 Å². The largest absolute Gasteiger partial charge is 0.503 e. The van der Waals surface area contributed by atoms with Crippen molar-refractivity contribution in [3.05, 3.63) is 112 Å². The zero-order chi connectivity index (χ0) is 22.1. The number of benzene rings is 3. The first-order valence-corrected chi connectivity index (χ1v) is 10.8. The Morgan fingerprint density at radius 3 is 1.94 bits per heavy atom. The van der Waals surface area contributed by atoms with Crippen LogP contribution in [-0.2, 0) is 11.3 Å². The highest BCUT2D eigenvalue weighted by atomic mass is 16.3. The number of carbonyl (C=O) groups excluding carboxylic acids is 1. The van der Waals surface area contributed by atoms with Gasteiger partial charge in [0, 0.05) is 12.1 Å². The monoisotopic (exact) mass is 411 g/mol. The Balaban J connectivity index is 1.79. The minimum atomic E-state index is -0.335. The molecule has 1 amide bonds. The summed E-state index contributed by atoms with van der Waals surface area (Å²) in [4.78, 5) is 15.0. The van der Waals surface area contributed by atoms with Crippen molar-refractivity contribution in [2.75, 3.05) is 0 Å². The molecule has 0 fully saturated rings. The Morgan fingerprint density at radius 2 is 1.39 bits per heavy atom. The second-order valence-corrected chi connectivity index (χ2v) is 8.77. The van der Waals surface area contributed by atoms with Crippen molar-refractivity contribution in [3.63, 3.8) is 0 Å². The quantitative estimate of drug-likeness (QED) is 0.522. The number of carbonyl (C=O) groups is 1. The number of hydrogen-bond donors (Lipinski definition) is 1. The average Bonchev–Trinajstić information content (AvgIpc) is 3.01. The topological polar surface area (TPSA) is 40.5 Å². The molecule has 3 nitrogen and oxygen atoms in total. The van der Waals surface area contributed by atoms with Gasteiger partial charge in [0.2, 0.25) is 0 Å². The first-order valence-electron chi connectivity index (χ1n) is 10.8. The van der Waals surface area contributed by atoms with E-state index in [9.17, 15) is 9.90 Å². The van der Waals surface area contributed by atoms with E-state index in [0.717, 1.165) is 22.3 Å². The molecule has 1 aliphatic rings. The van der Waals surface area contributed by atoms with Gasteiger partial charge >= 0.3 is 0 Å². The summed E-state index contributed by atoms with van der Waals surface area (Å²) >= 11 is 0. The minimum absolute atomic E-state index is 0.158. The van der Waals surface area contributed by atoms with Crippen molar-refractivity contribution < 1.29 is 9.90 Å². The highest BCUT2D eigenvalue weighted by Crippen LogP contribution is 2.44. The highest BCUT2D eigenvalue weighted by Gasteiger charge is 2.40. The van der Waals surface area contributed by atoms with Crippen LogP contribution in [0.5, 0.6) is 0 Å². The van der Waals surface area contributed by atoms with Crippen molar-refractivity contribution >= 4 is 11.5 Å². The summed E-state index contributed by atoms with van der Waals surface area (Å²) in [6.07, 6.45) is 0. The molecule has 3 aromatic rings. The molecular weight excluding hydrogens is 382 g/mol. The number of aliphatic hydroxyl groups is 1. The minimum Gasteiger partial charge on any atom is -0.503 e. The summed E-state index contributed by atoms with van der Waals surface area (Å²) < 4.78 is 0. The van der Waals surface area contributed by atoms with E-state index in [2.05, 4.69) is 50.2 Å². The van der Waals surface area contributed by atoms with E-state index in [-0.39, 0.29) is 17.7 Å². The van der Waals surface area contributed by atoms with E-state index in [4.69, 9.17) is 0 Å². The first-order chi connectivity index (χ1) is 14.8. The Hall–Kier alpha value is -3.33. The van der Waals surface area contributed by atoms with E-state index in [1.165, 1.54) is 11.1 Å². The number of aryl methyl sites for hydroxylation is 2. The van der Waals surface area contributed by atoms with Crippen molar-refractivity contribution in [3.8, 4) is 0 Å². The lowest BCUT2D eigenvalue weighted by molar-refractivity contribution is -0.130. The predicted octanol–water partition coefficient (Wildman–Crippen LogP) is 6.48. The van der Waals surface area contributed by atoms with E-state index in [0.29, 0.717) is 18.0 Å². The van der Waals surface area contributed by atoms with Crippen LogP contribution in [0.2, 0.25) is 0 Å². The van der Waals surface area contributed by atoms with E-state index in [1.54, 1.807) is 4.90 Å². The van der Waals surface area contributed by atoms with Crippen molar-refractivity contribution in [1.82, 2.24) is 4.90 Å². The predicted molar refractivity (Wildman–Crippen MR) is 126 cm³/mol. The lowest BCUT2D eigenvalue weighted by Gasteiger charge is -2.28. The third-order valence-electron chi connectivity index (χ3n) is 6.06. The SMILES string of the molecule is Cc1ccc(CN2C(=O)C(O)=C(c3ccc(C)cc3)[C@H]2c2ccc(C(C)C)cc2)cc1. The smallest absolute Gasteiger partial charge is 0.290 e. The van der Waals surface area contributed by atoms with Gasteiger partial charge in [-0.25, -0.2) is 0 Å². The molecule has 0 aromatic heterocycles. The molecule has 0 saturated heterocycles. The molecule has 158 valence electrons. The van der Waals surface area contributed by atoms with E-state index < -0.39 is 0 Å². The Morgan fingerprint density at radius 1 is 0.839 bits per heavy atom. The summed E-state index contributed by atoms with van der Waals surface area (Å²) in [6, 6.07) is 24.3. The molecule has 31 heavy (non-hydrogen) atoms. The van der Waals surface area contributed by atoms with Crippen molar-refractivity contribution in [2.45, 2.75) is 46.2 Å². The first kappa shape index (κ1) is 20.9. The third kappa shape index (κ3) is 4.13. The number of rotatable bonds is 5. The highest BCUT2D eigenvalue weighted by molar-refractivity contribution is 6.05. The molecule has 0 aliphatic carbocycles. The molecule has 0 bridgehead atoms. The zero-order valence-corrected chi connectivity index (χ0v) is 18.6. The van der Waals surface area contributed by atoms with Crippen LogP contribution in [0.1, 0.15) is 59.2 Å². The Kier molecular flexibility index (Phi) is 5.69. The van der Waals surface area contributed by atoms with Gasteiger partial charge < -0.3 is 10.0 Å². The third-order valence-corrected chi connectivity index (χ3v) is 6.06. The molecule has 1 atom stereocenters. The fourth-order valence-electron chi connectivity index (χ4n) is 4.14. The fraction of sp³-hybridized carbons (Fsp3) is 0.250. The second-order valence-electron chi connectivity index (χ2n) is 8.77. The molecule has 0 saturated carbocycles. The van der Waals surface area contributed by atoms with Gasteiger partial charge in [0.1, 0.15) is 0 Å². The van der Waals surface area contributed by atoms with Gasteiger partial charge in [-0.05, 0) is 42.0 Å². The number of aliphatic hydroxyl groups excluding tert-OH is 1. The normalized spacial score (nSPS) is 16.5. The zero-order valence-electron chi connectivity index (χ0n) is 18.6. The molecule has 3 heteroatoms. The van der Waals surface area contributed by atoms with Crippen LogP contribution >= 0.6 is 0 Å². The average molecular weight is 412 g/mol. The van der Waals surface area contributed by atoms with Gasteiger partial charge in [-0.15, -0.1) is 0 Å². The molecule has 1 aliphatic heterocycles. The summed E-state index contributed by atoms with van der Waals surface area (Å²) in [5, 5.41) is 10.9. The van der Waals surface area contributed by atoms with Gasteiger partial charge in [-0.1, -0.05) is 97.8 Å². The fourth-order valence-corrected chi connectivity index (χ4v) is 4.14. The molecule has 0 radical (unpaired) electrons. The lowest BCUT2D eigenvalue weighted by Crippen LogP contribution is -2.29. The summed E-state index contributed by atoms with van der Waals surface area (Å²) in [5.41, 5.74) is 7.17. The number of nitrogens with zero attached hydrogens (tertiary/aromatic N) is 1. The lowest BCUT2D eigenvalue weighted by atomic mass is 9.91. The molecule has 3 aromatic carbocycles. The maximum atomic E-state index is 13.2. The van der Waals surface area contributed by atoms with Crippen LogP contribution < -0.4 is 0 Å². The number of amides is 1. The molecular formula is C28H29NO2. The molecule has 1 heterocycles.